The van der Waals surface area contributed by atoms with Crippen LogP contribution in [0.15, 0.2) is 43.0 Å². The lowest BCUT2D eigenvalue weighted by Gasteiger charge is -2.04. The lowest BCUT2D eigenvalue weighted by atomic mass is 10.2. The summed E-state index contributed by atoms with van der Waals surface area (Å²) in [6.07, 6.45) is 4.43. The van der Waals surface area contributed by atoms with Crippen LogP contribution in [0.4, 0.5) is 10.5 Å². The van der Waals surface area contributed by atoms with Crippen LogP contribution in [0.2, 0.25) is 0 Å². The van der Waals surface area contributed by atoms with E-state index in [1.165, 1.54) is 35.4 Å². The first-order valence-corrected chi connectivity index (χ1v) is 5.16. The normalized spacial score (nSPS) is 10.0. The molecule has 0 saturated heterocycles. The summed E-state index contributed by atoms with van der Waals surface area (Å²) in [6.45, 7) is 0.301. The van der Waals surface area contributed by atoms with E-state index in [-0.39, 0.29) is 11.7 Å². The standard InChI is InChI=1S/C11H10N4O3/c16-11(14-6-5-12-8-14)13-7-9-1-3-10(4-2-9)15(17)18/h1-6,8H,7H2,(H,13,16). The van der Waals surface area contributed by atoms with Gasteiger partial charge in [0.2, 0.25) is 0 Å². The summed E-state index contributed by atoms with van der Waals surface area (Å²) in [5.74, 6) is 0. The van der Waals surface area contributed by atoms with Crippen molar-refractivity contribution >= 4 is 11.7 Å². The Morgan fingerprint density at radius 1 is 1.39 bits per heavy atom. The molecule has 7 nitrogen and oxygen atoms in total. The molecule has 1 heterocycles. The van der Waals surface area contributed by atoms with E-state index in [1.807, 2.05) is 0 Å². The maximum absolute atomic E-state index is 11.6. The third-order valence-electron chi connectivity index (χ3n) is 2.33. The minimum atomic E-state index is -0.464. The van der Waals surface area contributed by atoms with Crippen LogP contribution in [0.1, 0.15) is 5.56 Å². The van der Waals surface area contributed by atoms with Crippen molar-refractivity contribution < 1.29 is 9.72 Å². The van der Waals surface area contributed by atoms with Gasteiger partial charge < -0.3 is 5.32 Å². The third kappa shape index (κ3) is 2.70. The van der Waals surface area contributed by atoms with Crippen LogP contribution >= 0.6 is 0 Å². The fraction of sp³-hybridized carbons (Fsp3) is 0.0909. The van der Waals surface area contributed by atoms with Crippen LogP contribution in [0.3, 0.4) is 0 Å². The second kappa shape index (κ2) is 5.09. The van der Waals surface area contributed by atoms with Gasteiger partial charge in [0.25, 0.3) is 5.69 Å². The van der Waals surface area contributed by atoms with E-state index < -0.39 is 4.92 Å². The largest absolute Gasteiger partial charge is 0.333 e. The van der Waals surface area contributed by atoms with Gasteiger partial charge in [-0.25, -0.2) is 9.78 Å². The molecule has 0 fully saturated rings. The predicted octanol–water partition coefficient (Wildman–Crippen LogP) is 1.55. The van der Waals surface area contributed by atoms with Crippen LogP contribution in [0.5, 0.6) is 0 Å². The number of carbonyl (C=O) groups excluding carboxylic acids is 1. The average Bonchev–Trinajstić information content (AvgIpc) is 2.90. The lowest BCUT2D eigenvalue weighted by Crippen LogP contribution is -2.26. The maximum Gasteiger partial charge on any atom is 0.327 e. The molecule has 18 heavy (non-hydrogen) atoms. The third-order valence-corrected chi connectivity index (χ3v) is 2.33. The van der Waals surface area contributed by atoms with Crippen LogP contribution < -0.4 is 5.32 Å². The van der Waals surface area contributed by atoms with Gasteiger partial charge in [0, 0.05) is 31.1 Å². The Kier molecular flexibility index (Phi) is 3.33. The molecule has 2 aromatic rings. The Labute approximate surface area is 102 Å². The summed E-state index contributed by atoms with van der Waals surface area (Å²) in [5.41, 5.74) is 0.814. The van der Waals surface area contributed by atoms with Crippen molar-refractivity contribution in [2.24, 2.45) is 0 Å². The highest BCUT2D eigenvalue weighted by molar-refractivity contribution is 5.76. The number of carbonyl (C=O) groups is 1. The molecule has 0 unspecified atom stereocenters. The van der Waals surface area contributed by atoms with Crippen LogP contribution in [0.25, 0.3) is 0 Å². The van der Waals surface area contributed by atoms with Gasteiger partial charge in [0.15, 0.2) is 0 Å². The van der Waals surface area contributed by atoms with E-state index in [2.05, 4.69) is 10.3 Å². The van der Waals surface area contributed by atoms with Crippen molar-refractivity contribution in [1.82, 2.24) is 14.9 Å². The number of benzene rings is 1. The zero-order valence-electron chi connectivity index (χ0n) is 9.31. The molecule has 0 radical (unpaired) electrons. The number of rotatable bonds is 3. The van der Waals surface area contributed by atoms with Crippen molar-refractivity contribution in [1.29, 1.82) is 0 Å². The maximum atomic E-state index is 11.6. The smallest absolute Gasteiger partial charge is 0.327 e. The SMILES string of the molecule is O=C(NCc1ccc([N+](=O)[O-])cc1)n1ccnc1. The number of imidazole rings is 1. The minimum Gasteiger partial charge on any atom is -0.333 e. The molecule has 0 bridgehead atoms. The molecular formula is C11H10N4O3. The molecular weight excluding hydrogens is 236 g/mol. The molecule has 0 aliphatic rings. The number of nitrogens with zero attached hydrogens (tertiary/aromatic N) is 3. The van der Waals surface area contributed by atoms with E-state index in [9.17, 15) is 14.9 Å². The van der Waals surface area contributed by atoms with Gasteiger partial charge >= 0.3 is 6.03 Å². The molecule has 1 aromatic carbocycles. The van der Waals surface area contributed by atoms with Crippen molar-refractivity contribution in [2.75, 3.05) is 0 Å². The molecule has 2 rings (SSSR count). The monoisotopic (exact) mass is 246 g/mol. The van der Waals surface area contributed by atoms with Gasteiger partial charge in [-0.3, -0.25) is 14.7 Å². The first kappa shape index (κ1) is 11.8. The van der Waals surface area contributed by atoms with E-state index in [1.54, 1.807) is 12.1 Å². The second-order valence-electron chi connectivity index (χ2n) is 3.55. The van der Waals surface area contributed by atoms with Crippen molar-refractivity contribution in [3.63, 3.8) is 0 Å². The van der Waals surface area contributed by atoms with E-state index in [4.69, 9.17) is 0 Å². The molecule has 1 amide bonds. The van der Waals surface area contributed by atoms with Crippen LogP contribution in [-0.2, 0) is 6.54 Å². The number of nitrogens with one attached hydrogen (secondary N) is 1. The molecule has 92 valence electrons. The van der Waals surface area contributed by atoms with Crippen LogP contribution in [0, 0.1) is 10.1 Å². The minimum absolute atomic E-state index is 0.0275. The number of hydrogen-bond donors (Lipinski definition) is 1. The van der Waals surface area contributed by atoms with E-state index in [0.29, 0.717) is 6.54 Å². The fourth-order valence-corrected chi connectivity index (χ4v) is 1.38. The average molecular weight is 246 g/mol. The summed E-state index contributed by atoms with van der Waals surface area (Å²) in [5, 5.41) is 13.1. The molecule has 0 aliphatic heterocycles. The van der Waals surface area contributed by atoms with E-state index in [0.717, 1.165) is 5.56 Å². The Morgan fingerprint density at radius 3 is 2.67 bits per heavy atom. The predicted molar refractivity (Wildman–Crippen MR) is 63.0 cm³/mol. The topological polar surface area (TPSA) is 90.1 Å². The van der Waals surface area contributed by atoms with Crippen molar-refractivity contribution in [2.45, 2.75) is 6.54 Å². The number of aromatic nitrogens is 2. The van der Waals surface area contributed by atoms with Gasteiger partial charge in [-0.1, -0.05) is 12.1 Å². The first-order chi connectivity index (χ1) is 8.66. The highest BCUT2D eigenvalue weighted by Crippen LogP contribution is 2.11. The summed E-state index contributed by atoms with van der Waals surface area (Å²) >= 11 is 0. The van der Waals surface area contributed by atoms with Crippen molar-refractivity contribution in [3.05, 3.63) is 58.7 Å². The zero-order chi connectivity index (χ0) is 13.0. The Hall–Kier alpha value is -2.70. The summed E-state index contributed by atoms with van der Waals surface area (Å²) < 4.78 is 1.31. The number of nitro groups is 1. The molecule has 1 aromatic heterocycles. The highest BCUT2D eigenvalue weighted by Gasteiger charge is 2.05. The molecule has 0 saturated carbocycles. The van der Waals surface area contributed by atoms with Gasteiger partial charge in [-0.05, 0) is 5.56 Å². The van der Waals surface area contributed by atoms with E-state index >= 15 is 0 Å². The molecule has 0 atom stereocenters. The quantitative estimate of drug-likeness (QED) is 0.657. The molecule has 0 aliphatic carbocycles. The zero-order valence-corrected chi connectivity index (χ0v) is 9.31. The Balaban J connectivity index is 1.94. The second-order valence-corrected chi connectivity index (χ2v) is 3.55. The number of hydrogen-bond acceptors (Lipinski definition) is 4. The van der Waals surface area contributed by atoms with Gasteiger partial charge in [0.1, 0.15) is 6.33 Å². The lowest BCUT2D eigenvalue weighted by molar-refractivity contribution is -0.384. The summed E-state index contributed by atoms with van der Waals surface area (Å²) in [4.78, 5) is 25.3. The van der Waals surface area contributed by atoms with Crippen LogP contribution in [-0.4, -0.2) is 20.5 Å². The molecule has 1 N–H and O–H groups in total. The van der Waals surface area contributed by atoms with Crippen molar-refractivity contribution in [3.8, 4) is 0 Å². The van der Waals surface area contributed by atoms with Gasteiger partial charge in [0.05, 0.1) is 4.92 Å². The summed E-state index contributed by atoms with van der Waals surface area (Å²) in [7, 11) is 0. The van der Waals surface area contributed by atoms with Gasteiger partial charge in [-0.15, -0.1) is 0 Å². The first-order valence-electron chi connectivity index (χ1n) is 5.16. The highest BCUT2D eigenvalue weighted by atomic mass is 16.6. The fourth-order valence-electron chi connectivity index (χ4n) is 1.38. The molecule has 0 spiro atoms. The Bertz CT molecular complexity index is 548. The van der Waals surface area contributed by atoms with Gasteiger partial charge in [-0.2, -0.15) is 0 Å². The number of amides is 1. The molecule has 7 heteroatoms. The number of non-ortho nitro benzene ring substituents is 1. The summed E-state index contributed by atoms with van der Waals surface area (Å²) in [6, 6.07) is 5.71. The number of nitro benzene ring substituents is 1. The Morgan fingerprint density at radius 2 is 2.11 bits per heavy atom.